The van der Waals surface area contributed by atoms with Crippen LogP contribution in [0.5, 0.6) is 5.75 Å². The number of carbonyl (C=O) groups is 2. The van der Waals surface area contributed by atoms with Crippen molar-refractivity contribution in [1.82, 2.24) is 10.3 Å². The number of aryl methyl sites for hydroxylation is 2. The van der Waals surface area contributed by atoms with Crippen LogP contribution >= 0.6 is 23.2 Å². The van der Waals surface area contributed by atoms with E-state index in [0.29, 0.717) is 33.3 Å². The minimum atomic E-state index is -4.44. The third-order valence-corrected chi connectivity index (χ3v) is 7.35. The van der Waals surface area contributed by atoms with Crippen molar-refractivity contribution in [3.63, 3.8) is 0 Å². The van der Waals surface area contributed by atoms with E-state index >= 15 is 0 Å². The predicted molar refractivity (Wildman–Crippen MR) is 159 cm³/mol. The third kappa shape index (κ3) is 7.21. The third-order valence-electron chi connectivity index (χ3n) is 6.57. The van der Waals surface area contributed by atoms with Gasteiger partial charge in [0.1, 0.15) is 12.4 Å². The van der Waals surface area contributed by atoms with Crippen molar-refractivity contribution in [2.24, 2.45) is 0 Å². The average Bonchev–Trinajstić information content (AvgIpc) is 2.94. The highest BCUT2D eigenvalue weighted by molar-refractivity contribution is 6.38. The first-order valence-corrected chi connectivity index (χ1v) is 13.5. The maximum Gasteiger partial charge on any atom is 0.416 e. The summed E-state index contributed by atoms with van der Waals surface area (Å²) in [6.45, 7) is 3.51. The number of likely N-dealkylation sites (N-methyl/N-ethyl adjacent to an activating group) is 1. The lowest BCUT2D eigenvalue weighted by Gasteiger charge is -2.21. The highest BCUT2D eigenvalue weighted by Gasteiger charge is 2.29. The number of hydrogen-bond donors (Lipinski definition) is 1. The largest absolute Gasteiger partial charge is 0.487 e. The van der Waals surface area contributed by atoms with E-state index in [2.05, 4.69) is 10.3 Å². The summed E-state index contributed by atoms with van der Waals surface area (Å²) in [7, 11) is 1.51. The number of ether oxygens (including phenoxy) is 1. The zero-order valence-corrected chi connectivity index (χ0v) is 24.4. The van der Waals surface area contributed by atoms with Crippen LogP contribution in [0.15, 0.2) is 66.7 Å². The molecule has 1 heterocycles. The second kappa shape index (κ2) is 12.8. The topological polar surface area (TPSA) is 71.5 Å². The molecule has 1 aromatic heterocycles. The van der Waals surface area contributed by atoms with Crippen LogP contribution < -0.4 is 15.0 Å². The Bertz CT molecular complexity index is 1670. The molecule has 0 aliphatic carbocycles. The first-order valence-electron chi connectivity index (χ1n) is 12.7. The van der Waals surface area contributed by atoms with E-state index < -0.39 is 23.6 Å². The number of anilines is 1. The van der Waals surface area contributed by atoms with Gasteiger partial charge in [0.05, 0.1) is 34.0 Å². The molecular weight excluding hydrogens is 590 g/mol. The van der Waals surface area contributed by atoms with Crippen molar-refractivity contribution >= 4 is 57.7 Å². The van der Waals surface area contributed by atoms with E-state index in [1.807, 2.05) is 38.1 Å². The number of pyridine rings is 1. The second-order valence-electron chi connectivity index (χ2n) is 9.48. The quantitative estimate of drug-likeness (QED) is 0.208. The van der Waals surface area contributed by atoms with Crippen molar-refractivity contribution in [2.75, 3.05) is 18.5 Å². The Kier molecular flexibility index (Phi) is 9.43. The molecule has 0 spiro atoms. The summed E-state index contributed by atoms with van der Waals surface area (Å²) in [6, 6.07) is 15.3. The number of hydrogen-bond acceptors (Lipinski definition) is 4. The number of rotatable bonds is 8. The highest BCUT2D eigenvalue weighted by atomic mass is 35.5. The van der Waals surface area contributed by atoms with Gasteiger partial charge in [-0.3, -0.25) is 9.59 Å². The summed E-state index contributed by atoms with van der Waals surface area (Å²) < 4.78 is 44.2. The number of nitrogens with zero attached hydrogens (tertiary/aromatic N) is 2. The van der Waals surface area contributed by atoms with Crippen molar-refractivity contribution in [1.29, 1.82) is 0 Å². The molecule has 1 N–H and O–H groups in total. The SMILES string of the molecule is Cc1nc2cccc(C)c2cc1OCc1c(Cl)ccc(N(C)C(=O)CNC(=O)C=Cc2ccc(C(F)(F)F)cc2)c1Cl. The zero-order valence-electron chi connectivity index (χ0n) is 22.9. The van der Waals surface area contributed by atoms with Gasteiger partial charge >= 0.3 is 6.18 Å². The Hall–Kier alpha value is -4.08. The number of halogens is 5. The monoisotopic (exact) mass is 615 g/mol. The lowest BCUT2D eigenvalue weighted by molar-refractivity contribution is -0.137. The molecule has 2 amide bonds. The molecule has 0 fully saturated rings. The maximum atomic E-state index is 12.8. The summed E-state index contributed by atoms with van der Waals surface area (Å²) in [4.78, 5) is 30.9. The molecule has 0 bridgehead atoms. The molecule has 6 nitrogen and oxygen atoms in total. The number of alkyl halides is 3. The standard InChI is InChI=1S/C31H26Cl2F3N3O3/c1-18-5-4-6-25-22(18)15-27(19(2)38-25)42-17-23-24(32)12-13-26(30(23)33)39(3)29(41)16-37-28(40)14-9-20-7-10-21(11-8-20)31(34,35)36/h4-15H,16-17H2,1-3H3,(H,37,40). The molecule has 218 valence electrons. The van der Waals surface area contributed by atoms with Crippen LogP contribution in [0.1, 0.15) is 27.9 Å². The molecule has 11 heteroatoms. The van der Waals surface area contributed by atoms with Crippen molar-refractivity contribution in [2.45, 2.75) is 26.6 Å². The molecule has 0 aliphatic heterocycles. The number of amides is 2. The fourth-order valence-corrected chi connectivity index (χ4v) is 4.73. The number of benzene rings is 3. The average molecular weight is 616 g/mol. The van der Waals surface area contributed by atoms with Crippen LogP contribution in [0.2, 0.25) is 10.0 Å². The first kappa shape index (κ1) is 30.9. The van der Waals surface area contributed by atoms with Crippen molar-refractivity contribution < 1.29 is 27.5 Å². The lowest BCUT2D eigenvalue weighted by Crippen LogP contribution is -2.37. The van der Waals surface area contributed by atoms with Crippen LogP contribution in [0, 0.1) is 13.8 Å². The molecule has 0 saturated carbocycles. The summed E-state index contributed by atoms with van der Waals surface area (Å²) in [5, 5.41) is 3.99. The molecule has 4 aromatic rings. The summed E-state index contributed by atoms with van der Waals surface area (Å²) in [5.74, 6) is -0.485. The van der Waals surface area contributed by atoms with Gasteiger partial charge in [0.2, 0.25) is 11.8 Å². The zero-order chi connectivity index (χ0) is 30.6. The van der Waals surface area contributed by atoms with Crippen LogP contribution in [0.4, 0.5) is 18.9 Å². The van der Waals surface area contributed by atoms with Crippen LogP contribution in [-0.2, 0) is 22.4 Å². The lowest BCUT2D eigenvalue weighted by atomic mass is 10.1. The highest BCUT2D eigenvalue weighted by Crippen LogP contribution is 2.35. The molecule has 0 unspecified atom stereocenters. The molecule has 0 saturated heterocycles. The van der Waals surface area contributed by atoms with Gasteiger partial charge in [0.15, 0.2) is 0 Å². The molecular formula is C31H26Cl2F3N3O3. The first-order chi connectivity index (χ1) is 19.8. The van der Waals surface area contributed by atoms with Crippen LogP contribution in [-0.4, -0.2) is 30.4 Å². The summed E-state index contributed by atoms with van der Waals surface area (Å²) in [6.07, 6.45) is -1.97. The summed E-state index contributed by atoms with van der Waals surface area (Å²) >= 11 is 13.1. The van der Waals surface area contributed by atoms with Gasteiger partial charge in [-0.05, 0) is 67.4 Å². The van der Waals surface area contributed by atoms with Gasteiger partial charge in [-0.25, -0.2) is 4.98 Å². The molecule has 4 rings (SSSR count). The second-order valence-corrected chi connectivity index (χ2v) is 10.3. The van der Waals surface area contributed by atoms with Crippen molar-refractivity contribution in [3.05, 3.63) is 105 Å². The van der Waals surface area contributed by atoms with Gasteiger partial charge in [-0.1, -0.05) is 47.5 Å². The number of aromatic nitrogens is 1. The van der Waals surface area contributed by atoms with E-state index in [-0.39, 0.29) is 18.2 Å². The predicted octanol–water partition coefficient (Wildman–Crippen LogP) is 7.55. The fourth-order valence-electron chi connectivity index (χ4n) is 4.12. The number of fused-ring (bicyclic) bond motifs is 1. The minimum absolute atomic E-state index is 0.0267. The molecule has 42 heavy (non-hydrogen) atoms. The summed E-state index contributed by atoms with van der Waals surface area (Å²) in [5.41, 5.74) is 3.07. The van der Waals surface area contributed by atoms with Gasteiger partial charge in [0, 0.05) is 29.1 Å². The number of carbonyl (C=O) groups excluding carboxylic acids is 2. The molecule has 3 aromatic carbocycles. The maximum absolute atomic E-state index is 12.8. The van der Waals surface area contributed by atoms with E-state index in [9.17, 15) is 22.8 Å². The van der Waals surface area contributed by atoms with Gasteiger partial charge in [-0.15, -0.1) is 0 Å². The normalized spacial score (nSPS) is 11.6. The Morgan fingerprint density at radius 3 is 2.45 bits per heavy atom. The Morgan fingerprint density at radius 2 is 1.76 bits per heavy atom. The van der Waals surface area contributed by atoms with Gasteiger partial charge in [-0.2, -0.15) is 13.2 Å². The van der Waals surface area contributed by atoms with E-state index in [1.165, 1.54) is 30.2 Å². The Labute approximate surface area is 250 Å². The van der Waals surface area contributed by atoms with Gasteiger partial charge in [0.25, 0.3) is 0 Å². The van der Waals surface area contributed by atoms with E-state index in [4.69, 9.17) is 27.9 Å². The molecule has 0 atom stereocenters. The van der Waals surface area contributed by atoms with Crippen molar-refractivity contribution in [3.8, 4) is 5.75 Å². The van der Waals surface area contributed by atoms with Crippen LogP contribution in [0.25, 0.3) is 17.0 Å². The molecule has 0 radical (unpaired) electrons. The minimum Gasteiger partial charge on any atom is -0.487 e. The molecule has 0 aliphatic rings. The smallest absolute Gasteiger partial charge is 0.416 e. The van der Waals surface area contributed by atoms with Gasteiger partial charge < -0.3 is 15.0 Å². The Balaban J connectivity index is 1.40. The van der Waals surface area contributed by atoms with E-state index in [1.54, 1.807) is 12.1 Å². The van der Waals surface area contributed by atoms with E-state index in [0.717, 1.165) is 34.7 Å². The fraction of sp³-hybridized carbons (Fsp3) is 0.194. The number of nitrogens with one attached hydrogen (secondary N) is 1. The van der Waals surface area contributed by atoms with Crippen LogP contribution in [0.3, 0.4) is 0 Å². The Morgan fingerprint density at radius 1 is 1.05 bits per heavy atom.